The number of ether oxygens (including phenoxy) is 3. The van der Waals surface area contributed by atoms with Gasteiger partial charge in [-0.25, -0.2) is 18.6 Å². The molecule has 1 saturated heterocycles. The minimum atomic E-state index is -2.53. The molecule has 0 radical (unpaired) electrons. The molecule has 2 atom stereocenters. The summed E-state index contributed by atoms with van der Waals surface area (Å²) in [5, 5.41) is 3.85. The average Bonchev–Trinajstić information content (AvgIpc) is 3.27. The second kappa shape index (κ2) is 9.34. The number of hydrogen-bond donors (Lipinski definition) is 1. The molecule has 2 unspecified atom stereocenters. The molecule has 34 heavy (non-hydrogen) atoms. The predicted octanol–water partition coefficient (Wildman–Crippen LogP) is 5.22. The molecular formula is C24H29FN4O4S. The van der Waals surface area contributed by atoms with Crippen molar-refractivity contribution in [2.45, 2.75) is 38.0 Å². The lowest BCUT2D eigenvalue weighted by Gasteiger charge is -2.21. The summed E-state index contributed by atoms with van der Waals surface area (Å²) in [6.45, 7) is 6.75. The van der Waals surface area contributed by atoms with Crippen LogP contribution < -0.4 is 14.8 Å². The number of benzene rings is 2. The highest BCUT2D eigenvalue weighted by Gasteiger charge is 2.23. The lowest BCUT2D eigenvalue weighted by Crippen LogP contribution is -2.25. The molecule has 10 heteroatoms. The Morgan fingerprint density at radius 1 is 1.21 bits per heavy atom. The van der Waals surface area contributed by atoms with Crippen LogP contribution in [-0.2, 0) is 14.5 Å². The Morgan fingerprint density at radius 2 is 2.00 bits per heavy atom. The highest BCUT2D eigenvalue weighted by Crippen LogP contribution is 2.38. The van der Waals surface area contributed by atoms with E-state index < -0.39 is 20.3 Å². The van der Waals surface area contributed by atoms with Crippen molar-refractivity contribution in [1.82, 2.24) is 9.97 Å². The zero-order valence-corrected chi connectivity index (χ0v) is 20.7. The average molecular weight is 489 g/mol. The molecule has 0 amide bonds. The molecule has 1 N–H and O–H groups in total. The standard InChI is InChI=1S/C24H29FN4O4S/c1-24(2,3)34(5,30)29-16-11-19-22(21(12-16)31-4)23(27-14-26-19)28-18-7-6-15(25)10-20(18)33-17-8-9-32-13-17/h6-7,10-12,14,17H,8-9,13H2,1-5H3,(H,26,27,28). The van der Waals surface area contributed by atoms with E-state index in [1.807, 2.05) is 20.8 Å². The third-order valence-electron chi connectivity index (χ3n) is 5.70. The van der Waals surface area contributed by atoms with Gasteiger partial charge in [0.05, 0.1) is 52.3 Å². The third kappa shape index (κ3) is 5.07. The third-order valence-corrected chi connectivity index (χ3v) is 8.53. The normalized spacial score (nSPS) is 17.9. The first kappa shape index (κ1) is 24.2. The lowest BCUT2D eigenvalue weighted by atomic mass is 10.2. The van der Waals surface area contributed by atoms with E-state index in [9.17, 15) is 8.60 Å². The molecule has 1 fully saturated rings. The highest BCUT2D eigenvalue weighted by molar-refractivity contribution is 7.94. The first-order chi connectivity index (χ1) is 16.1. The van der Waals surface area contributed by atoms with Gasteiger partial charge in [-0.1, -0.05) is 0 Å². The van der Waals surface area contributed by atoms with Gasteiger partial charge in [0.15, 0.2) is 0 Å². The van der Waals surface area contributed by atoms with E-state index in [4.69, 9.17) is 14.2 Å². The maximum atomic E-state index is 14.0. The molecule has 182 valence electrons. The van der Waals surface area contributed by atoms with E-state index in [0.29, 0.717) is 52.8 Å². The van der Waals surface area contributed by atoms with Crippen LogP contribution in [0.3, 0.4) is 0 Å². The quantitative estimate of drug-likeness (QED) is 0.508. The first-order valence-electron chi connectivity index (χ1n) is 10.9. The zero-order valence-electron chi connectivity index (χ0n) is 19.9. The molecule has 0 aliphatic carbocycles. The summed E-state index contributed by atoms with van der Waals surface area (Å²) < 4.78 is 48.1. The second-order valence-corrected chi connectivity index (χ2v) is 12.2. The molecule has 0 spiro atoms. The summed E-state index contributed by atoms with van der Waals surface area (Å²) in [5.74, 6) is 0.888. The molecular weight excluding hydrogens is 459 g/mol. The van der Waals surface area contributed by atoms with Gasteiger partial charge in [0.2, 0.25) is 0 Å². The van der Waals surface area contributed by atoms with E-state index >= 15 is 0 Å². The molecule has 3 aromatic rings. The van der Waals surface area contributed by atoms with Crippen molar-refractivity contribution in [1.29, 1.82) is 0 Å². The van der Waals surface area contributed by atoms with E-state index in [2.05, 4.69) is 19.6 Å². The van der Waals surface area contributed by atoms with Crippen LogP contribution in [0.1, 0.15) is 27.2 Å². The number of hydrogen-bond acceptors (Lipinski definition) is 8. The van der Waals surface area contributed by atoms with Crippen LogP contribution in [0.15, 0.2) is 41.0 Å². The van der Waals surface area contributed by atoms with Crippen LogP contribution in [0.5, 0.6) is 11.5 Å². The van der Waals surface area contributed by atoms with E-state index in [-0.39, 0.29) is 6.10 Å². The molecule has 8 nitrogen and oxygen atoms in total. The van der Waals surface area contributed by atoms with Gasteiger partial charge in [0.25, 0.3) is 0 Å². The SMILES string of the molecule is COc1cc(N=S(C)(=O)C(C)(C)C)cc2ncnc(Nc3ccc(F)cc3OC3CCOC3)c12. The molecule has 2 heterocycles. The minimum absolute atomic E-state index is 0.144. The Bertz CT molecular complexity index is 1330. The summed E-state index contributed by atoms with van der Waals surface area (Å²) in [7, 11) is -0.990. The van der Waals surface area contributed by atoms with Crippen molar-refractivity contribution in [2.24, 2.45) is 4.36 Å². The van der Waals surface area contributed by atoms with Gasteiger partial charge in [-0.2, -0.15) is 4.36 Å². The fourth-order valence-corrected chi connectivity index (χ4v) is 4.18. The summed E-state index contributed by atoms with van der Waals surface area (Å²) >= 11 is 0. The van der Waals surface area contributed by atoms with Gasteiger partial charge in [0.1, 0.15) is 35.6 Å². The molecule has 4 rings (SSSR count). The van der Waals surface area contributed by atoms with Crippen molar-refractivity contribution in [3.05, 3.63) is 42.5 Å². The number of fused-ring (bicyclic) bond motifs is 1. The van der Waals surface area contributed by atoms with Gasteiger partial charge in [-0.3, -0.25) is 0 Å². The van der Waals surface area contributed by atoms with Crippen molar-refractivity contribution in [3.63, 3.8) is 0 Å². The van der Waals surface area contributed by atoms with Crippen LogP contribution in [0, 0.1) is 5.82 Å². The number of anilines is 2. The maximum Gasteiger partial charge on any atom is 0.146 e. The van der Waals surface area contributed by atoms with Crippen molar-refractivity contribution < 1.29 is 22.8 Å². The largest absolute Gasteiger partial charge is 0.496 e. The lowest BCUT2D eigenvalue weighted by molar-refractivity contribution is 0.141. The number of aromatic nitrogens is 2. The summed E-state index contributed by atoms with van der Waals surface area (Å²) in [5.41, 5.74) is 1.62. The number of methoxy groups -OCH3 is 1. The number of nitrogens with one attached hydrogen (secondary N) is 1. The zero-order chi connectivity index (χ0) is 24.5. The van der Waals surface area contributed by atoms with Crippen LogP contribution in [0.4, 0.5) is 21.6 Å². The Kier molecular flexibility index (Phi) is 6.64. The topological polar surface area (TPSA) is 94.9 Å². The smallest absolute Gasteiger partial charge is 0.146 e. The number of rotatable bonds is 6. The first-order valence-corrected chi connectivity index (χ1v) is 12.8. The fourth-order valence-electron chi connectivity index (χ4n) is 3.40. The molecule has 1 aliphatic heterocycles. The number of halogens is 1. The van der Waals surface area contributed by atoms with E-state index in [1.165, 1.54) is 25.6 Å². The van der Waals surface area contributed by atoms with Crippen molar-refractivity contribution in [3.8, 4) is 11.5 Å². The summed E-state index contributed by atoms with van der Waals surface area (Å²) in [6, 6.07) is 7.74. The maximum absolute atomic E-state index is 14.0. The number of nitrogens with zero attached hydrogens (tertiary/aromatic N) is 3. The second-order valence-electron chi connectivity index (χ2n) is 9.14. The van der Waals surface area contributed by atoms with Crippen LogP contribution in [0.25, 0.3) is 10.9 Å². The molecule has 1 aliphatic rings. The molecule has 2 aromatic carbocycles. The Morgan fingerprint density at radius 3 is 2.68 bits per heavy atom. The van der Waals surface area contributed by atoms with Crippen molar-refractivity contribution in [2.75, 3.05) is 31.9 Å². The predicted molar refractivity (Wildman–Crippen MR) is 132 cm³/mol. The van der Waals surface area contributed by atoms with E-state index in [1.54, 1.807) is 24.5 Å². The monoisotopic (exact) mass is 488 g/mol. The van der Waals surface area contributed by atoms with Gasteiger partial charge in [-0.15, -0.1) is 0 Å². The highest BCUT2D eigenvalue weighted by atomic mass is 32.2. The van der Waals surface area contributed by atoms with Gasteiger partial charge in [0, 0.05) is 29.6 Å². The van der Waals surface area contributed by atoms with E-state index in [0.717, 1.165) is 6.42 Å². The van der Waals surface area contributed by atoms with Crippen LogP contribution >= 0.6 is 0 Å². The van der Waals surface area contributed by atoms with Gasteiger partial charge < -0.3 is 19.5 Å². The Balaban J connectivity index is 1.77. The fraction of sp³-hybridized carbons (Fsp3) is 0.417. The molecule has 0 bridgehead atoms. The Hall–Kier alpha value is -2.98. The summed E-state index contributed by atoms with van der Waals surface area (Å²) in [6.07, 6.45) is 3.65. The van der Waals surface area contributed by atoms with Crippen LogP contribution in [0.2, 0.25) is 0 Å². The summed E-state index contributed by atoms with van der Waals surface area (Å²) in [4.78, 5) is 8.76. The Labute approximate surface area is 199 Å². The van der Waals surface area contributed by atoms with Gasteiger partial charge >= 0.3 is 0 Å². The minimum Gasteiger partial charge on any atom is -0.496 e. The molecule has 1 aromatic heterocycles. The molecule has 0 saturated carbocycles. The van der Waals surface area contributed by atoms with Crippen LogP contribution in [-0.4, -0.2) is 51.6 Å². The van der Waals surface area contributed by atoms with Crippen molar-refractivity contribution >= 4 is 37.8 Å². The van der Waals surface area contributed by atoms with Gasteiger partial charge in [-0.05, 0) is 39.0 Å².